The van der Waals surface area contributed by atoms with Crippen molar-refractivity contribution in [2.45, 2.75) is 19.4 Å². The molecule has 9 nitrogen and oxygen atoms in total. The monoisotopic (exact) mass is 306 g/mol. The SMILES string of the molecule is CN(C(=O)c1n[nH]c2ccc([N+](=O)[O-])cc12)C(C)(C)C(=O)O. The summed E-state index contributed by atoms with van der Waals surface area (Å²) < 4.78 is 0. The van der Waals surface area contributed by atoms with Gasteiger partial charge in [0.2, 0.25) is 0 Å². The molecular formula is C13H14N4O5. The Hall–Kier alpha value is -2.97. The van der Waals surface area contributed by atoms with Crippen LogP contribution in [-0.2, 0) is 4.79 Å². The zero-order valence-corrected chi connectivity index (χ0v) is 12.2. The van der Waals surface area contributed by atoms with Gasteiger partial charge >= 0.3 is 5.97 Å². The zero-order valence-electron chi connectivity index (χ0n) is 12.2. The molecule has 22 heavy (non-hydrogen) atoms. The number of nitro benzene ring substituents is 1. The average Bonchev–Trinajstić information content (AvgIpc) is 2.88. The molecular weight excluding hydrogens is 292 g/mol. The fraction of sp³-hybridized carbons (Fsp3) is 0.308. The number of benzene rings is 1. The molecule has 2 rings (SSSR count). The summed E-state index contributed by atoms with van der Waals surface area (Å²) in [5, 5.41) is 26.7. The Bertz CT molecular complexity index is 780. The van der Waals surface area contributed by atoms with Gasteiger partial charge in [0.05, 0.1) is 10.4 Å². The highest BCUT2D eigenvalue weighted by molar-refractivity contribution is 6.06. The number of aromatic amines is 1. The quantitative estimate of drug-likeness (QED) is 0.648. The fourth-order valence-corrected chi connectivity index (χ4v) is 1.83. The van der Waals surface area contributed by atoms with E-state index in [0.29, 0.717) is 5.52 Å². The van der Waals surface area contributed by atoms with Crippen molar-refractivity contribution in [2.75, 3.05) is 7.05 Å². The van der Waals surface area contributed by atoms with E-state index in [1.54, 1.807) is 0 Å². The summed E-state index contributed by atoms with van der Waals surface area (Å²) in [5.74, 6) is -1.81. The van der Waals surface area contributed by atoms with Crippen LogP contribution in [0.3, 0.4) is 0 Å². The van der Waals surface area contributed by atoms with Gasteiger partial charge in [-0.1, -0.05) is 0 Å². The van der Waals surface area contributed by atoms with Crippen molar-refractivity contribution in [3.63, 3.8) is 0 Å². The molecule has 0 saturated carbocycles. The van der Waals surface area contributed by atoms with Crippen molar-refractivity contribution in [3.05, 3.63) is 34.0 Å². The first kappa shape index (κ1) is 15.4. The third-order valence-electron chi connectivity index (χ3n) is 3.63. The van der Waals surface area contributed by atoms with Crippen LogP contribution < -0.4 is 0 Å². The molecule has 1 aromatic heterocycles. The maximum absolute atomic E-state index is 12.5. The number of amides is 1. The number of aromatic nitrogens is 2. The molecule has 0 aliphatic rings. The van der Waals surface area contributed by atoms with Crippen molar-refractivity contribution < 1.29 is 19.6 Å². The van der Waals surface area contributed by atoms with E-state index >= 15 is 0 Å². The van der Waals surface area contributed by atoms with Crippen molar-refractivity contribution in [3.8, 4) is 0 Å². The van der Waals surface area contributed by atoms with Gasteiger partial charge < -0.3 is 10.0 Å². The molecule has 1 amide bonds. The smallest absolute Gasteiger partial charge is 0.329 e. The third-order valence-corrected chi connectivity index (χ3v) is 3.63. The molecule has 9 heteroatoms. The van der Waals surface area contributed by atoms with E-state index in [4.69, 9.17) is 0 Å². The van der Waals surface area contributed by atoms with Crippen molar-refractivity contribution >= 4 is 28.5 Å². The number of carbonyl (C=O) groups excluding carboxylic acids is 1. The number of aliphatic carboxylic acids is 1. The summed E-state index contributed by atoms with van der Waals surface area (Å²) in [5.41, 5.74) is -1.22. The fourth-order valence-electron chi connectivity index (χ4n) is 1.83. The van der Waals surface area contributed by atoms with Crippen LogP contribution in [0.15, 0.2) is 18.2 Å². The molecule has 2 aromatic rings. The van der Waals surface area contributed by atoms with Crippen molar-refractivity contribution in [1.29, 1.82) is 0 Å². The maximum atomic E-state index is 12.5. The molecule has 2 N–H and O–H groups in total. The third kappa shape index (κ3) is 2.36. The van der Waals surface area contributed by atoms with E-state index in [-0.39, 0.29) is 16.8 Å². The first-order chi connectivity index (χ1) is 10.2. The molecule has 0 aliphatic carbocycles. The van der Waals surface area contributed by atoms with Gasteiger partial charge in [-0.05, 0) is 19.9 Å². The van der Waals surface area contributed by atoms with Gasteiger partial charge in [0.15, 0.2) is 5.69 Å². The second kappa shape index (κ2) is 5.10. The van der Waals surface area contributed by atoms with Crippen molar-refractivity contribution in [2.24, 2.45) is 0 Å². The second-order valence-corrected chi connectivity index (χ2v) is 5.29. The minimum absolute atomic E-state index is 0.0597. The number of fused-ring (bicyclic) bond motifs is 1. The lowest BCUT2D eigenvalue weighted by Crippen LogP contribution is -2.50. The lowest BCUT2D eigenvalue weighted by Gasteiger charge is -2.30. The molecule has 1 aromatic carbocycles. The number of carbonyl (C=O) groups is 2. The number of hydrogen-bond donors (Lipinski definition) is 2. The molecule has 116 valence electrons. The lowest BCUT2D eigenvalue weighted by atomic mass is 10.0. The lowest BCUT2D eigenvalue weighted by molar-refractivity contribution is -0.384. The number of carboxylic acids is 1. The van der Waals surface area contributed by atoms with Gasteiger partial charge in [-0.15, -0.1) is 0 Å². The number of carboxylic acid groups (broad SMARTS) is 1. The maximum Gasteiger partial charge on any atom is 0.329 e. The van der Waals surface area contributed by atoms with Crippen LogP contribution in [-0.4, -0.2) is 49.6 Å². The second-order valence-electron chi connectivity index (χ2n) is 5.29. The average molecular weight is 306 g/mol. The van der Waals surface area contributed by atoms with Crippen LogP contribution in [0.4, 0.5) is 5.69 Å². The Kier molecular flexibility index (Phi) is 3.57. The molecule has 0 aliphatic heterocycles. The molecule has 0 atom stereocenters. The molecule has 0 spiro atoms. The van der Waals surface area contributed by atoms with Gasteiger partial charge in [-0.2, -0.15) is 5.10 Å². The number of hydrogen-bond acceptors (Lipinski definition) is 5. The minimum Gasteiger partial charge on any atom is -0.480 e. The van der Waals surface area contributed by atoms with Crippen LogP contribution in [0.5, 0.6) is 0 Å². The highest BCUT2D eigenvalue weighted by Gasteiger charge is 2.37. The Morgan fingerprint density at radius 2 is 2.05 bits per heavy atom. The van der Waals surface area contributed by atoms with Crippen LogP contribution in [0, 0.1) is 10.1 Å². The Morgan fingerprint density at radius 3 is 2.59 bits per heavy atom. The summed E-state index contributed by atoms with van der Waals surface area (Å²) >= 11 is 0. The number of nitrogens with one attached hydrogen (secondary N) is 1. The Balaban J connectivity index is 2.50. The summed E-state index contributed by atoms with van der Waals surface area (Å²) in [6, 6.07) is 3.97. The van der Waals surface area contributed by atoms with Crippen LogP contribution in [0.2, 0.25) is 0 Å². The first-order valence-electron chi connectivity index (χ1n) is 6.30. The molecule has 0 fully saturated rings. The molecule has 0 bridgehead atoms. The summed E-state index contributed by atoms with van der Waals surface area (Å²) in [6.45, 7) is 2.76. The first-order valence-corrected chi connectivity index (χ1v) is 6.30. The Labute approximate surface area is 124 Å². The van der Waals surface area contributed by atoms with E-state index in [0.717, 1.165) is 4.90 Å². The molecule has 1 heterocycles. The van der Waals surface area contributed by atoms with E-state index < -0.39 is 22.3 Å². The highest BCUT2D eigenvalue weighted by Crippen LogP contribution is 2.24. The zero-order chi connectivity index (χ0) is 16.7. The number of H-pyrrole nitrogens is 1. The number of nitro groups is 1. The van der Waals surface area contributed by atoms with E-state index in [1.165, 1.54) is 39.1 Å². The van der Waals surface area contributed by atoms with Gasteiger partial charge in [-0.3, -0.25) is 20.0 Å². The van der Waals surface area contributed by atoms with Crippen LogP contribution >= 0.6 is 0 Å². The van der Waals surface area contributed by atoms with Gasteiger partial charge in [0, 0.05) is 24.6 Å². The predicted molar refractivity (Wildman–Crippen MR) is 76.6 cm³/mol. The van der Waals surface area contributed by atoms with E-state index in [1.807, 2.05) is 0 Å². The van der Waals surface area contributed by atoms with E-state index in [2.05, 4.69) is 10.2 Å². The predicted octanol–water partition coefficient (Wildman–Crippen LogP) is 1.41. The molecule has 0 saturated heterocycles. The minimum atomic E-state index is -1.44. The number of rotatable bonds is 4. The summed E-state index contributed by atoms with van der Waals surface area (Å²) in [6.07, 6.45) is 0. The number of nitrogens with zero attached hydrogens (tertiary/aromatic N) is 3. The molecule has 0 radical (unpaired) electrons. The number of likely N-dealkylation sites (N-methyl/N-ethyl adjacent to an activating group) is 1. The standard InChI is InChI=1S/C13H14N4O5/c1-13(2,12(19)20)16(3)11(18)10-8-6-7(17(21)22)4-5-9(8)14-15-10/h4-6H,1-3H3,(H,14,15)(H,19,20). The number of non-ortho nitro benzene ring substituents is 1. The van der Waals surface area contributed by atoms with Gasteiger partial charge in [0.25, 0.3) is 11.6 Å². The van der Waals surface area contributed by atoms with Crippen molar-refractivity contribution in [1.82, 2.24) is 15.1 Å². The summed E-state index contributed by atoms with van der Waals surface area (Å²) in [4.78, 5) is 35.0. The van der Waals surface area contributed by atoms with Gasteiger partial charge in [0.1, 0.15) is 5.54 Å². The normalized spacial score (nSPS) is 11.4. The van der Waals surface area contributed by atoms with Crippen LogP contribution in [0.25, 0.3) is 10.9 Å². The summed E-state index contributed by atoms with van der Waals surface area (Å²) in [7, 11) is 1.34. The van der Waals surface area contributed by atoms with Crippen LogP contribution in [0.1, 0.15) is 24.3 Å². The largest absolute Gasteiger partial charge is 0.480 e. The molecule has 0 unspecified atom stereocenters. The highest BCUT2D eigenvalue weighted by atomic mass is 16.6. The Morgan fingerprint density at radius 1 is 1.41 bits per heavy atom. The van der Waals surface area contributed by atoms with E-state index in [9.17, 15) is 24.8 Å². The van der Waals surface area contributed by atoms with Gasteiger partial charge in [-0.25, -0.2) is 4.79 Å². The topological polar surface area (TPSA) is 129 Å².